The van der Waals surface area contributed by atoms with E-state index in [1.807, 2.05) is 42.7 Å². The van der Waals surface area contributed by atoms with Gasteiger partial charge >= 0.3 is 0 Å². The van der Waals surface area contributed by atoms with Crippen LogP contribution in [0.3, 0.4) is 0 Å². The SMILES string of the molecule is c1ccc(CCCc2nc(N=NCc3c[nH]c4ccccc34)cc(N3CCOCC3)n2)nc1. The number of nitrogens with zero attached hydrogens (tertiary/aromatic N) is 6. The van der Waals surface area contributed by atoms with E-state index >= 15 is 0 Å². The second-order valence-corrected chi connectivity index (χ2v) is 8.03. The minimum atomic E-state index is 0.496. The summed E-state index contributed by atoms with van der Waals surface area (Å²) in [6.07, 6.45) is 6.40. The Morgan fingerprint density at radius 3 is 2.76 bits per heavy atom. The predicted octanol–water partition coefficient (Wildman–Crippen LogP) is 4.65. The fourth-order valence-corrected chi connectivity index (χ4v) is 4.01. The normalized spacial score (nSPS) is 14.4. The summed E-state index contributed by atoms with van der Waals surface area (Å²) in [5.41, 5.74) is 3.31. The maximum Gasteiger partial charge on any atom is 0.179 e. The zero-order valence-electron chi connectivity index (χ0n) is 18.5. The third-order valence-corrected chi connectivity index (χ3v) is 5.73. The number of H-pyrrole nitrogens is 1. The van der Waals surface area contributed by atoms with Gasteiger partial charge in [-0.1, -0.05) is 24.3 Å². The van der Waals surface area contributed by atoms with Crippen LogP contribution in [0, 0.1) is 0 Å². The van der Waals surface area contributed by atoms with Gasteiger partial charge in [0.2, 0.25) is 0 Å². The van der Waals surface area contributed by atoms with Crippen molar-refractivity contribution >= 4 is 22.5 Å². The molecule has 0 aliphatic carbocycles. The number of aromatic nitrogens is 4. The number of ether oxygens (including phenoxy) is 1. The Labute approximate surface area is 192 Å². The Balaban J connectivity index is 1.32. The summed E-state index contributed by atoms with van der Waals surface area (Å²) in [6, 6.07) is 16.1. The second kappa shape index (κ2) is 10.3. The van der Waals surface area contributed by atoms with E-state index in [0.29, 0.717) is 25.6 Å². The molecular formula is C25H27N7O. The van der Waals surface area contributed by atoms with Gasteiger partial charge < -0.3 is 14.6 Å². The first-order chi connectivity index (χ1) is 16.3. The van der Waals surface area contributed by atoms with E-state index in [0.717, 1.165) is 60.8 Å². The van der Waals surface area contributed by atoms with Gasteiger partial charge in [-0.15, -0.1) is 5.11 Å². The molecular weight excluding hydrogens is 414 g/mol. The molecule has 3 aromatic heterocycles. The fraction of sp³-hybridized carbons (Fsp3) is 0.320. The summed E-state index contributed by atoms with van der Waals surface area (Å²) in [7, 11) is 0. The van der Waals surface area contributed by atoms with Crippen molar-refractivity contribution < 1.29 is 4.74 Å². The van der Waals surface area contributed by atoms with Crippen LogP contribution < -0.4 is 4.90 Å². The maximum absolute atomic E-state index is 5.50. The number of aryl methyl sites for hydroxylation is 2. The summed E-state index contributed by atoms with van der Waals surface area (Å²) < 4.78 is 5.50. The van der Waals surface area contributed by atoms with E-state index in [2.05, 4.69) is 48.3 Å². The van der Waals surface area contributed by atoms with Crippen molar-refractivity contribution in [2.75, 3.05) is 31.2 Å². The second-order valence-electron chi connectivity index (χ2n) is 8.03. The summed E-state index contributed by atoms with van der Waals surface area (Å²) in [5, 5.41) is 10.1. The molecule has 0 radical (unpaired) electrons. The smallest absolute Gasteiger partial charge is 0.179 e. The Hall–Kier alpha value is -3.65. The van der Waals surface area contributed by atoms with Crippen LogP contribution in [0.15, 0.2) is 71.2 Å². The lowest BCUT2D eigenvalue weighted by Gasteiger charge is -2.28. The first kappa shape index (κ1) is 21.2. The molecule has 1 saturated heterocycles. The van der Waals surface area contributed by atoms with Crippen molar-refractivity contribution in [3.63, 3.8) is 0 Å². The number of rotatable bonds is 8. The molecule has 0 amide bonds. The molecule has 4 heterocycles. The van der Waals surface area contributed by atoms with Crippen molar-refractivity contribution in [3.05, 3.63) is 78.0 Å². The van der Waals surface area contributed by atoms with Gasteiger partial charge in [-0.25, -0.2) is 9.97 Å². The van der Waals surface area contributed by atoms with Gasteiger partial charge in [0.25, 0.3) is 0 Å². The van der Waals surface area contributed by atoms with E-state index in [1.54, 1.807) is 0 Å². The largest absolute Gasteiger partial charge is 0.378 e. The molecule has 0 bridgehead atoms. The number of aromatic amines is 1. The monoisotopic (exact) mass is 441 g/mol. The predicted molar refractivity (Wildman–Crippen MR) is 128 cm³/mol. The van der Waals surface area contributed by atoms with Gasteiger partial charge in [0.15, 0.2) is 5.82 Å². The zero-order chi connectivity index (χ0) is 22.3. The molecule has 0 spiro atoms. The first-order valence-electron chi connectivity index (χ1n) is 11.4. The van der Waals surface area contributed by atoms with Crippen molar-refractivity contribution in [2.45, 2.75) is 25.8 Å². The van der Waals surface area contributed by atoms with Crippen LogP contribution in [0.4, 0.5) is 11.6 Å². The number of anilines is 1. The van der Waals surface area contributed by atoms with Crippen LogP contribution in [-0.2, 0) is 24.1 Å². The number of fused-ring (bicyclic) bond motifs is 1. The number of benzene rings is 1. The first-order valence-corrected chi connectivity index (χ1v) is 11.4. The van der Waals surface area contributed by atoms with E-state index in [1.165, 1.54) is 5.39 Å². The van der Waals surface area contributed by atoms with Crippen LogP contribution >= 0.6 is 0 Å². The van der Waals surface area contributed by atoms with Crippen LogP contribution in [0.5, 0.6) is 0 Å². The summed E-state index contributed by atoms with van der Waals surface area (Å²) in [4.78, 5) is 19.4. The van der Waals surface area contributed by atoms with Crippen LogP contribution in [0.2, 0.25) is 0 Å². The minimum Gasteiger partial charge on any atom is -0.378 e. The highest BCUT2D eigenvalue weighted by atomic mass is 16.5. The average Bonchev–Trinajstić information content (AvgIpc) is 3.28. The molecule has 1 fully saturated rings. The van der Waals surface area contributed by atoms with Gasteiger partial charge in [0.05, 0.1) is 19.8 Å². The van der Waals surface area contributed by atoms with Crippen molar-refractivity contribution in [2.24, 2.45) is 10.2 Å². The molecule has 1 aromatic carbocycles. The third-order valence-electron chi connectivity index (χ3n) is 5.73. The third kappa shape index (κ3) is 5.40. The molecule has 8 heteroatoms. The summed E-state index contributed by atoms with van der Waals surface area (Å²) in [5.74, 6) is 2.28. The standard InChI is InChI=1S/C25H27N7O/c1-2-9-22-21(8-1)19(17-27-22)18-28-31-24-16-25(32-12-14-33-15-13-32)30-23(29-24)10-5-7-20-6-3-4-11-26-20/h1-4,6,8-9,11,16-17,27H,5,7,10,12-15,18H2. The van der Waals surface area contributed by atoms with Gasteiger partial charge in [0.1, 0.15) is 11.6 Å². The lowest BCUT2D eigenvalue weighted by atomic mass is 10.1. The molecule has 0 atom stereocenters. The van der Waals surface area contributed by atoms with E-state index < -0.39 is 0 Å². The molecule has 33 heavy (non-hydrogen) atoms. The molecule has 1 aliphatic heterocycles. The molecule has 5 rings (SSSR count). The van der Waals surface area contributed by atoms with Gasteiger partial charge in [-0.3, -0.25) is 4.98 Å². The molecule has 0 saturated carbocycles. The van der Waals surface area contributed by atoms with E-state index in [9.17, 15) is 0 Å². The minimum absolute atomic E-state index is 0.496. The highest BCUT2D eigenvalue weighted by molar-refractivity contribution is 5.82. The van der Waals surface area contributed by atoms with Gasteiger partial charge in [-0.2, -0.15) is 5.11 Å². The van der Waals surface area contributed by atoms with Crippen LogP contribution in [-0.4, -0.2) is 46.2 Å². The summed E-state index contributed by atoms with van der Waals surface area (Å²) >= 11 is 0. The molecule has 1 aliphatic rings. The lowest BCUT2D eigenvalue weighted by Crippen LogP contribution is -2.36. The van der Waals surface area contributed by atoms with Crippen LogP contribution in [0.25, 0.3) is 10.9 Å². The van der Waals surface area contributed by atoms with Gasteiger partial charge in [-0.05, 0) is 31.0 Å². The molecule has 8 nitrogen and oxygen atoms in total. The maximum atomic E-state index is 5.50. The number of hydrogen-bond donors (Lipinski definition) is 1. The summed E-state index contributed by atoms with van der Waals surface area (Å²) in [6.45, 7) is 3.54. The molecule has 4 aromatic rings. The Kier molecular flexibility index (Phi) is 6.63. The Morgan fingerprint density at radius 2 is 1.88 bits per heavy atom. The number of azo groups is 1. The number of nitrogens with one attached hydrogen (secondary N) is 1. The van der Waals surface area contributed by atoms with Crippen molar-refractivity contribution in [1.82, 2.24) is 19.9 Å². The van der Waals surface area contributed by atoms with Crippen molar-refractivity contribution in [3.8, 4) is 0 Å². The van der Waals surface area contributed by atoms with Crippen LogP contribution in [0.1, 0.15) is 23.5 Å². The highest BCUT2D eigenvalue weighted by Gasteiger charge is 2.15. The topological polar surface area (TPSA) is 91.7 Å². The average molecular weight is 442 g/mol. The van der Waals surface area contributed by atoms with Gasteiger partial charge in [0, 0.05) is 60.1 Å². The number of hydrogen-bond acceptors (Lipinski definition) is 7. The highest BCUT2D eigenvalue weighted by Crippen LogP contribution is 2.22. The fourth-order valence-electron chi connectivity index (χ4n) is 4.01. The molecule has 0 unspecified atom stereocenters. The lowest BCUT2D eigenvalue weighted by molar-refractivity contribution is 0.122. The number of pyridine rings is 1. The molecule has 1 N–H and O–H groups in total. The van der Waals surface area contributed by atoms with E-state index in [4.69, 9.17) is 9.72 Å². The number of para-hydroxylation sites is 1. The quantitative estimate of drug-likeness (QED) is 0.402. The molecule has 168 valence electrons. The Morgan fingerprint density at radius 1 is 1.00 bits per heavy atom. The van der Waals surface area contributed by atoms with Crippen molar-refractivity contribution in [1.29, 1.82) is 0 Å². The number of morpholine rings is 1. The van der Waals surface area contributed by atoms with E-state index in [-0.39, 0.29) is 0 Å². The Bertz CT molecular complexity index is 1220. The zero-order valence-corrected chi connectivity index (χ0v) is 18.5.